The Labute approximate surface area is 109 Å². The highest BCUT2D eigenvalue weighted by Crippen LogP contribution is 2.25. The molecule has 2 heterocycles. The van der Waals surface area contributed by atoms with Gasteiger partial charge in [0.25, 0.3) is 0 Å². The Morgan fingerprint density at radius 3 is 3.00 bits per heavy atom. The van der Waals surface area contributed by atoms with Gasteiger partial charge in [0.15, 0.2) is 0 Å². The predicted molar refractivity (Wildman–Crippen MR) is 70.2 cm³/mol. The van der Waals surface area contributed by atoms with Gasteiger partial charge in [-0.25, -0.2) is 0 Å². The normalized spacial score (nSPS) is 29.8. The van der Waals surface area contributed by atoms with E-state index in [1.807, 2.05) is 6.33 Å². The molecular formula is C13H23N5. The van der Waals surface area contributed by atoms with E-state index in [1.54, 1.807) is 0 Å². The Morgan fingerprint density at radius 1 is 1.22 bits per heavy atom. The fraction of sp³-hybridized carbons (Fsp3) is 0.846. The number of nitrogens with one attached hydrogen (secondary N) is 1. The molecule has 2 atom stereocenters. The Hall–Kier alpha value is -0.940. The first-order valence-electron chi connectivity index (χ1n) is 7.16. The lowest BCUT2D eigenvalue weighted by Gasteiger charge is -2.38. The Kier molecular flexibility index (Phi) is 3.61. The van der Waals surface area contributed by atoms with Crippen molar-refractivity contribution in [3.63, 3.8) is 0 Å². The summed E-state index contributed by atoms with van der Waals surface area (Å²) >= 11 is 0. The summed E-state index contributed by atoms with van der Waals surface area (Å²) < 4.78 is 2.18. The van der Waals surface area contributed by atoms with Crippen molar-refractivity contribution >= 4 is 0 Å². The Bertz CT molecular complexity index is 388. The molecular weight excluding hydrogens is 226 g/mol. The highest BCUT2D eigenvalue weighted by atomic mass is 15.3. The van der Waals surface area contributed by atoms with Crippen LogP contribution in [0.25, 0.3) is 0 Å². The third-order valence-electron chi connectivity index (χ3n) is 4.49. The zero-order valence-electron chi connectivity index (χ0n) is 11.2. The molecule has 5 nitrogen and oxygen atoms in total. The lowest BCUT2D eigenvalue weighted by Crippen LogP contribution is -2.50. The first-order chi connectivity index (χ1) is 8.88. The number of hydrogen-bond donors (Lipinski definition) is 1. The molecule has 100 valence electrons. The van der Waals surface area contributed by atoms with E-state index >= 15 is 0 Å². The van der Waals surface area contributed by atoms with E-state index in [1.165, 1.54) is 32.1 Å². The molecule has 18 heavy (non-hydrogen) atoms. The topological polar surface area (TPSA) is 46.0 Å². The van der Waals surface area contributed by atoms with Crippen molar-refractivity contribution in [3.05, 3.63) is 12.2 Å². The SMILES string of the molecule is CNC1CCCCCC1N1CCn2cnnc2C1. The maximum absolute atomic E-state index is 4.23. The standard InChI is InChI=1S/C13H23N5/c1-14-11-5-3-2-4-6-12(11)17-7-8-18-10-15-16-13(18)9-17/h10-12,14H,2-9H2,1H3. The summed E-state index contributed by atoms with van der Waals surface area (Å²) in [5.74, 6) is 1.13. The number of hydrogen-bond acceptors (Lipinski definition) is 4. The van der Waals surface area contributed by atoms with Crippen molar-refractivity contribution in [1.29, 1.82) is 0 Å². The number of rotatable bonds is 2. The molecule has 1 aliphatic carbocycles. The number of aromatic nitrogens is 3. The smallest absolute Gasteiger partial charge is 0.147 e. The van der Waals surface area contributed by atoms with Gasteiger partial charge in [-0.3, -0.25) is 4.90 Å². The molecule has 0 aromatic carbocycles. The number of fused-ring (bicyclic) bond motifs is 1. The van der Waals surface area contributed by atoms with Crippen LogP contribution in [-0.2, 0) is 13.1 Å². The lowest BCUT2D eigenvalue weighted by atomic mass is 10.0. The molecule has 2 unspecified atom stereocenters. The van der Waals surface area contributed by atoms with Gasteiger partial charge < -0.3 is 9.88 Å². The fourth-order valence-electron chi connectivity index (χ4n) is 3.43. The summed E-state index contributed by atoms with van der Waals surface area (Å²) in [5, 5.41) is 11.8. The van der Waals surface area contributed by atoms with Gasteiger partial charge in [-0.2, -0.15) is 0 Å². The lowest BCUT2D eigenvalue weighted by molar-refractivity contribution is 0.116. The molecule has 0 radical (unpaired) electrons. The van der Waals surface area contributed by atoms with Crippen LogP contribution >= 0.6 is 0 Å². The predicted octanol–water partition coefficient (Wildman–Crippen LogP) is 1.01. The average Bonchev–Trinajstić information content (AvgIpc) is 2.74. The van der Waals surface area contributed by atoms with Gasteiger partial charge in [-0.1, -0.05) is 19.3 Å². The second-order valence-electron chi connectivity index (χ2n) is 5.51. The van der Waals surface area contributed by atoms with Gasteiger partial charge in [-0.05, 0) is 19.9 Å². The van der Waals surface area contributed by atoms with Crippen LogP contribution in [-0.4, -0.2) is 45.3 Å². The monoisotopic (exact) mass is 249 g/mol. The van der Waals surface area contributed by atoms with Gasteiger partial charge in [0.1, 0.15) is 12.2 Å². The van der Waals surface area contributed by atoms with E-state index in [4.69, 9.17) is 0 Å². The Balaban J connectivity index is 1.73. The van der Waals surface area contributed by atoms with Crippen molar-refractivity contribution in [3.8, 4) is 0 Å². The van der Waals surface area contributed by atoms with Crippen LogP contribution in [0.4, 0.5) is 0 Å². The van der Waals surface area contributed by atoms with E-state index in [-0.39, 0.29) is 0 Å². The van der Waals surface area contributed by atoms with E-state index in [9.17, 15) is 0 Å². The van der Waals surface area contributed by atoms with Crippen LogP contribution in [0.5, 0.6) is 0 Å². The molecule has 1 aliphatic heterocycles. The van der Waals surface area contributed by atoms with Crippen LogP contribution in [0.1, 0.15) is 37.9 Å². The number of nitrogens with zero attached hydrogens (tertiary/aromatic N) is 4. The summed E-state index contributed by atoms with van der Waals surface area (Å²) in [6, 6.07) is 1.31. The molecule has 2 aliphatic rings. The summed E-state index contributed by atoms with van der Waals surface area (Å²) in [5.41, 5.74) is 0. The third-order valence-corrected chi connectivity index (χ3v) is 4.49. The van der Waals surface area contributed by atoms with Gasteiger partial charge >= 0.3 is 0 Å². The molecule has 1 saturated carbocycles. The van der Waals surface area contributed by atoms with Crippen LogP contribution < -0.4 is 5.32 Å². The van der Waals surface area contributed by atoms with Crippen molar-refractivity contribution in [1.82, 2.24) is 25.0 Å². The maximum atomic E-state index is 4.23. The molecule has 1 aromatic rings. The molecule has 5 heteroatoms. The molecule has 3 rings (SSSR count). The minimum atomic E-state index is 0.641. The summed E-state index contributed by atoms with van der Waals surface area (Å²) in [4.78, 5) is 2.61. The molecule has 1 N–H and O–H groups in total. The van der Waals surface area contributed by atoms with Crippen molar-refractivity contribution < 1.29 is 0 Å². The van der Waals surface area contributed by atoms with Gasteiger partial charge in [-0.15, -0.1) is 10.2 Å². The summed E-state index contributed by atoms with van der Waals surface area (Å²) in [7, 11) is 2.11. The van der Waals surface area contributed by atoms with Gasteiger partial charge in [0, 0.05) is 25.2 Å². The average molecular weight is 249 g/mol. The van der Waals surface area contributed by atoms with Crippen LogP contribution in [0.3, 0.4) is 0 Å². The van der Waals surface area contributed by atoms with Crippen molar-refractivity contribution in [2.45, 2.75) is 57.3 Å². The maximum Gasteiger partial charge on any atom is 0.147 e. The summed E-state index contributed by atoms with van der Waals surface area (Å²) in [6.07, 6.45) is 8.61. The molecule has 0 amide bonds. The van der Waals surface area contributed by atoms with Crippen LogP contribution in [0, 0.1) is 0 Å². The zero-order chi connectivity index (χ0) is 12.4. The zero-order valence-corrected chi connectivity index (χ0v) is 11.2. The fourth-order valence-corrected chi connectivity index (χ4v) is 3.43. The van der Waals surface area contributed by atoms with E-state index in [0.29, 0.717) is 12.1 Å². The number of likely N-dealkylation sites (N-methyl/N-ethyl adjacent to an activating group) is 1. The van der Waals surface area contributed by atoms with E-state index in [0.717, 1.165) is 25.5 Å². The van der Waals surface area contributed by atoms with E-state index < -0.39 is 0 Å². The van der Waals surface area contributed by atoms with Crippen molar-refractivity contribution in [2.75, 3.05) is 13.6 Å². The minimum absolute atomic E-state index is 0.641. The second kappa shape index (κ2) is 5.36. The third kappa shape index (κ3) is 2.29. The van der Waals surface area contributed by atoms with Crippen molar-refractivity contribution in [2.24, 2.45) is 0 Å². The van der Waals surface area contributed by atoms with E-state index in [2.05, 4.69) is 32.0 Å². The van der Waals surface area contributed by atoms with Gasteiger partial charge in [0.2, 0.25) is 0 Å². The quantitative estimate of drug-likeness (QED) is 0.795. The van der Waals surface area contributed by atoms with Crippen LogP contribution in [0.2, 0.25) is 0 Å². The largest absolute Gasteiger partial charge is 0.315 e. The molecule has 0 spiro atoms. The Morgan fingerprint density at radius 2 is 2.11 bits per heavy atom. The minimum Gasteiger partial charge on any atom is -0.315 e. The first-order valence-corrected chi connectivity index (χ1v) is 7.16. The second-order valence-corrected chi connectivity index (χ2v) is 5.51. The molecule has 0 saturated heterocycles. The highest BCUT2D eigenvalue weighted by Gasteiger charge is 2.30. The molecule has 0 bridgehead atoms. The highest BCUT2D eigenvalue weighted by molar-refractivity contribution is 4.95. The molecule has 1 aromatic heterocycles. The summed E-state index contributed by atoms with van der Waals surface area (Å²) in [6.45, 7) is 3.13. The van der Waals surface area contributed by atoms with Gasteiger partial charge in [0.05, 0.1) is 6.54 Å². The van der Waals surface area contributed by atoms with Crippen LogP contribution in [0.15, 0.2) is 6.33 Å². The first kappa shape index (κ1) is 12.1. The molecule has 1 fully saturated rings.